The van der Waals surface area contributed by atoms with Gasteiger partial charge in [-0.1, -0.05) is 6.92 Å². The van der Waals surface area contributed by atoms with Gasteiger partial charge in [-0.3, -0.25) is 4.79 Å². The molecule has 5 nitrogen and oxygen atoms in total. The molecule has 0 bridgehead atoms. The van der Waals surface area contributed by atoms with Crippen molar-refractivity contribution < 1.29 is 25.2 Å². The van der Waals surface area contributed by atoms with Gasteiger partial charge in [-0.15, -0.1) is 0 Å². The number of ketones is 1. The van der Waals surface area contributed by atoms with Crippen molar-refractivity contribution in [2.24, 2.45) is 0 Å². The molecule has 4 N–H and O–H groups in total. The van der Waals surface area contributed by atoms with E-state index in [-0.39, 0.29) is 12.8 Å². The average Bonchev–Trinajstić information content (AvgIpc) is 2.15. The van der Waals surface area contributed by atoms with Gasteiger partial charge in [0, 0.05) is 6.42 Å². The molecule has 0 fully saturated rings. The summed E-state index contributed by atoms with van der Waals surface area (Å²) >= 11 is 0. The third kappa shape index (κ3) is 5.29. The average molecular weight is 206 g/mol. The lowest BCUT2D eigenvalue weighted by molar-refractivity contribution is -0.131. The van der Waals surface area contributed by atoms with Gasteiger partial charge in [0.2, 0.25) is 0 Å². The quantitative estimate of drug-likeness (QED) is 0.420. The summed E-state index contributed by atoms with van der Waals surface area (Å²) in [4.78, 5) is 11.0. The minimum Gasteiger partial charge on any atom is -0.393 e. The second-order valence-electron chi connectivity index (χ2n) is 3.32. The molecule has 0 saturated heterocycles. The number of Topliss-reactive ketones (excluding diaryl/α,β-unsaturated/α-hetero) is 1. The molecule has 0 spiro atoms. The number of hydrogen-bond donors (Lipinski definition) is 4. The Kier molecular flexibility index (Phi) is 6.65. The molecule has 3 atom stereocenters. The Bertz CT molecular complexity index is 171. The fourth-order valence-corrected chi connectivity index (χ4v) is 1.03. The van der Waals surface area contributed by atoms with Crippen molar-refractivity contribution in [2.75, 3.05) is 6.61 Å². The Morgan fingerprint density at radius 2 is 1.79 bits per heavy atom. The van der Waals surface area contributed by atoms with Crippen molar-refractivity contribution in [3.63, 3.8) is 0 Å². The molecule has 3 unspecified atom stereocenters. The van der Waals surface area contributed by atoms with Gasteiger partial charge >= 0.3 is 0 Å². The van der Waals surface area contributed by atoms with Crippen LogP contribution in [0, 0.1) is 0 Å². The first-order chi connectivity index (χ1) is 6.51. The Labute approximate surface area is 83.0 Å². The number of rotatable bonds is 7. The van der Waals surface area contributed by atoms with E-state index in [9.17, 15) is 9.90 Å². The number of aliphatic hydroxyl groups is 4. The first kappa shape index (κ1) is 13.5. The van der Waals surface area contributed by atoms with Crippen molar-refractivity contribution in [1.82, 2.24) is 0 Å². The van der Waals surface area contributed by atoms with E-state index in [4.69, 9.17) is 15.3 Å². The molecule has 5 heteroatoms. The van der Waals surface area contributed by atoms with E-state index in [0.29, 0.717) is 6.42 Å². The highest BCUT2D eigenvalue weighted by molar-refractivity contribution is 5.83. The molecule has 0 rings (SSSR count). The highest BCUT2D eigenvalue weighted by Crippen LogP contribution is 2.07. The standard InChI is InChI=1S/C9H18O5/c1-2-6(11)3-7(12)4-8(13)9(14)5-10/h6-7,9-12,14H,2-5H2,1H3. The molecule has 0 amide bonds. The minimum atomic E-state index is -1.43. The Hall–Kier alpha value is -0.490. The van der Waals surface area contributed by atoms with Gasteiger partial charge in [-0.05, 0) is 12.8 Å². The van der Waals surface area contributed by atoms with Crippen LogP contribution in [-0.4, -0.2) is 51.1 Å². The number of carbonyl (C=O) groups is 1. The molecule has 0 aromatic rings. The van der Waals surface area contributed by atoms with Gasteiger partial charge in [-0.25, -0.2) is 0 Å². The van der Waals surface area contributed by atoms with Crippen LogP contribution in [-0.2, 0) is 4.79 Å². The van der Waals surface area contributed by atoms with E-state index < -0.39 is 30.7 Å². The maximum Gasteiger partial charge on any atom is 0.166 e. The summed E-state index contributed by atoms with van der Waals surface area (Å²) in [5.74, 6) is -0.608. The van der Waals surface area contributed by atoms with Crippen LogP contribution in [0.25, 0.3) is 0 Å². The second kappa shape index (κ2) is 6.89. The van der Waals surface area contributed by atoms with Gasteiger partial charge in [0.05, 0.1) is 18.8 Å². The molecular weight excluding hydrogens is 188 g/mol. The Morgan fingerprint density at radius 1 is 1.21 bits per heavy atom. The summed E-state index contributed by atoms with van der Waals surface area (Å²) in [5.41, 5.74) is 0. The van der Waals surface area contributed by atoms with E-state index in [0.717, 1.165) is 0 Å². The lowest BCUT2D eigenvalue weighted by atomic mass is 10.0. The highest BCUT2D eigenvalue weighted by atomic mass is 16.3. The first-order valence-corrected chi connectivity index (χ1v) is 4.69. The normalized spacial score (nSPS) is 17.5. The van der Waals surface area contributed by atoms with Crippen molar-refractivity contribution in [2.45, 2.75) is 44.5 Å². The SMILES string of the molecule is CCC(O)CC(O)CC(=O)C(O)CO. The first-order valence-electron chi connectivity index (χ1n) is 4.69. The molecule has 84 valence electrons. The lowest BCUT2D eigenvalue weighted by Crippen LogP contribution is -2.29. The molecule has 0 aliphatic carbocycles. The van der Waals surface area contributed by atoms with Crippen molar-refractivity contribution in [3.8, 4) is 0 Å². The van der Waals surface area contributed by atoms with Crippen molar-refractivity contribution >= 4 is 5.78 Å². The van der Waals surface area contributed by atoms with E-state index >= 15 is 0 Å². The molecule has 0 radical (unpaired) electrons. The van der Waals surface area contributed by atoms with Crippen LogP contribution < -0.4 is 0 Å². The summed E-state index contributed by atoms with van der Waals surface area (Å²) < 4.78 is 0. The van der Waals surface area contributed by atoms with E-state index in [1.807, 2.05) is 0 Å². The smallest absolute Gasteiger partial charge is 0.166 e. The third-order valence-electron chi connectivity index (χ3n) is 2.00. The van der Waals surface area contributed by atoms with E-state index in [2.05, 4.69) is 0 Å². The van der Waals surface area contributed by atoms with E-state index in [1.165, 1.54) is 0 Å². The summed E-state index contributed by atoms with van der Waals surface area (Å²) in [6, 6.07) is 0. The van der Waals surface area contributed by atoms with Crippen LogP contribution in [0.3, 0.4) is 0 Å². The molecule has 0 aromatic heterocycles. The maximum absolute atomic E-state index is 11.0. The van der Waals surface area contributed by atoms with Gasteiger partial charge in [0.1, 0.15) is 6.10 Å². The predicted molar refractivity (Wildman–Crippen MR) is 49.6 cm³/mol. The lowest BCUT2D eigenvalue weighted by Gasteiger charge is -2.14. The maximum atomic E-state index is 11.0. The van der Waals surface area contributed by atoms with Crippen LogP contribution >= 0.6 is 0 Å². The van der Waals surface area contributed by atoms with Crippen molar-refractivity contribution in [1.29, 1.82) is 0 Å². The molecular formula is C9H18O5. The van der Waals surface area contributed by atoms with Crippen LogP contribution in [0.15, 0.2) is 0 Å². The van der Waals surface area contributed by atoms with Crippen LogP contribution in [0.5, 0.6) is 0 Å². The van der Waals surface area contributed by atoms with Gasteiger partial charge < -0.3 is 20.4 Å². The van der Waals surface area contributed by atoms with Crippen LogP contribution in [0.4, 0.5) is 0 Å². The summed E-state index contributed by atoms with van der Waals surface area (Å²) in [5, 5.41) is 35.8. The Balaban J connectivity index is 3.82. The molecule has 0 aliphatic heterocycles. The zero-order valence-electron chi connectivity index (χ0n) is 8.26. The largest absolute Gasteiger partial charge is 0.393 e. The molecule has 14 heavy (non-hydrogen) atoms. The fraction of sp³-hybridized carbons (Fsp3) is 0.889. The van der Waals surface area contributed by atoms with Gasteiger partial charge in [0.25, 0.3) is 0 Å². The second-order valence-corrected chi connectivity index (χ2v) is 3.32. The third-order valence-corrected chi connectivity index (χ3v) is 2.00. The fourth-order valence-electron chi connectivity index (χ4n) is 1.03. The van der Waals surface area contributed by atoms with Crippen LogP contribution in [0.2, 0.25) is 0 Å². The number of hydrogen-bond acceptors (Lipinski definition) is 5. The zero-order valence-corrected chi connectivity index (χ0v) is 8.26. The minimum absolute atomic E-state index is 0.111. The van der Waals surface area contributed by atoms with Gasteiger partial charge in [-0.2, -0.15) is 0 Å². The van der Waals surface area contributed by atoms with Crippen molar-refractivity contribution in [3.05, 3.63) is 0 Å². The van der Waals surface area contributed by atoms with Gasteiger partial charge in [0.15, 0.2) is 5.78 Å². The summed E-state index contributed by atoms with van der Waals surface area (Å²) in [6.07, 6.45) is -2.64. The molecule has 0 aromatic carbocycles. The molecule has 0 aliphatic rings. The Morgan fingerprint density at radius 3 is 2.21 bits per heavy atom. The monoisotopic (exact) mass is 206 g/mol. The molecule has 0 saturated carbocycles. The number of carbonyl (C=O) groups excluding carboxylic acids is 1. The highest BCUT2D eigenvalue weighted by Gasteiger charge is 2.19. The van der Waals surface area contributed by atoms with E-state index in [1.54, 1.807) is 6.92 Å². The molecule has 0 heterocycles. The predicted octanol–water partition coefficient (Wildman–Crippen LogP) is -1.18. The van der Waals surface area contributed by atoms with Crippen LogP contribution in [0.1, 0.15) is 26.2 Å². The number of aliphatic hydroxyl groups excluding tert-OH is 4. The topological polar surface area (TPSA) is 98.0 Å². The summed E-state index contributed by atoms with van der Waals surface area (Å²) in [7, 11) is 0. The zero-order chi connectivity index (χ0) is 11.1. The summed E-state index contributed by atoms with van der Waals surface area (Å²) in [6.45, 7) is 1.13.